The van der Waals surface area contributed by atoms with E-state index < -0.39 is 0 Å². The van der Waals surface area contributed by atoms with Crippen LogP contribution in [0.15, 0.2) is 10.5 Å². The number of rotatable bonds is 8. The highest BCUT2D eigenvalue weighted by atomic mass is 16.5. The number of aryl methyl sites for hydroxylation is 1. The van der Waals surface area contributed by atoms with Crippen molar-refractivity contribution in [3.8, 4) is 0 Å². The lowest BCUT2D eigenvalue weighted by Gasteiger charge is -2.19. The van der Waals surface area contributed by atoms with Crippen LogP contribution < -0.4 is 5.32 Å². The fourth-order valence-electron chi connectivity index (χ4n) is 2.01. The van der Waals surface area contributed by atoms with E-state index in [0.717, 1.165) is 44.2 Å². The molecule has 0 spiro atoms. The minimum Gasteiger partial charge on any atom is -0.463 e. The van der Waals surface area contributed by atoms with Crippen LogP contribution in [0.3, 0.4) is 0 Å². The minimum absolute atomic E-state index is 0.107. The highest BCUT2D eigenvalue weighted by molar-refractivity contribution is 5.20. The van der Waals surface area contributed by atoms with E-state index in [-0.39, 0.29) is 5.54 Å². The van der Waals surface area contributed by atoms with Crippen molar-refractivity contribution < 1.29 is 9.15 Å². The van der Waals surface area contributed by atoms with Gasteiger partial charge >= 0.3 is 0 Å². The van der Waals surface area contributed by atoms with Crippen molar-refractivity contribution >= 4 is 0 Å². The zero-order valence-electron chi connectivity index (χ0n) is 13.9. The van der Waals surface area contributed by atoms with Crippen LogP contribution in [0.1, 0.15) is 44.3 Å². The Morgan fingerprint density at radius 2 is 2.05 bits per heavy atom. The van der Waals surface area contributed by atoms with Crippen LogP contribution in [0.2, 0.25) is 0 Å². The largest absolute Gasteiger partial charge is 0.463 e. The van der Waals surface area contributed by atoms with Gasteiger partial charge in [0, 0.05) is 25.8 Å². The van der Waals surface area contributed by atoms with E-state index in [1.165, 1.54) is 5.56 Å². The van der Waals surface area contributed by atoms with Gasteiger partial charge in [-0.3, -0.25) is 4.90 Å². The Bertz CT molecular complexity index is 394. The first-order valence-corrected chi connectivity index (χ1v) is 7.32. The third kappa shape index (κ3) is 6.55. The molecule has 4 nitrogen and oxygen atoms in total. The SMILES string of the molecule is COCCCN(C)Cc1cc(C)c(CNC(C)(C)C)o1. The topological polar surface area (TPSA) is 37.6 Å². The quantitative estimate of drug-likeness (QED) is 0.744. The molecule has 0 fully saturated rings. The summed E-state index contributed by atoms with van der Waals surface area (Å²) in [5, 5.41) is 3.46. The standard InChI is InChI=1S/C16H30N2O2/c1-13-10-14(12-18(5)8-7-9-19-6)20-15(13)11-17-16(2,3)4/h10,17H,7-9,11-12H2,1-6H3. The molecular weight excluding hydrogens is 252 g/mol. The lowest BCUT2D eigenvalue weighted by atomic mass is 10.1. The molecule has 0 radical (unpaired) electrons. The zero-order valence-corrected chi connectivity index (χ0v) is 13.9. The summed E-state index contributed by atoms with van der Waals surface area (Å²) < 4.78 is 11.0. The molecule has 0 unspecified atom stereocenters. The number of hydrogen-bond donors (Lipinski definition) is 1. The molecule has 0 bridgehead atoms. The van der Waals surface area contributed by atoms with Crippen LogP contribution in [0.4, 0.5) is 0 Å². The van der Waals surface area contributed by atoms with Crippen LogP contribution in [0, 0.1) is 6.92 Å². The van der Waals surface area contributed by atoms with E-state index in [0.29, 0.717) is 0 Å². The van der Waals surface area contributed by atoms with E-state index in [4.69, 9.17) is 9.15 Å². The van der Waals surface area contributed by atoms with Crippen LogP contribution in [0.25, 0.3) is 0 Å². The Morgan fingerprint density at radius 1 is 1.35 bits per heavy atom. The number of furan rings is 1. The molecule has 1 rings (SSSR count). The average Bonchev–Trinajstić information content (AvgIpc) is 2.66. The Kier molecular flexibility index (Phi) is 6.72. The summed E-state index contributed by atoms with van der Waals surface area (Å²) >= 11 is 0. The molecule has 20 heavy (non-hydrogen) atoms. The van der Waals surface area contributed by atoms with Gasteiger partial charge in [-0.15, -0.1) is 0 Å². The third-order valence-electron chi connectivity index (χ3n) is 3.16. The lowest BCUT2D eigenvalue weighted by Crippen LogP contribution is -2.35. The van der Waals surface area contributed by atoms with Crippen LogP contribution >= 0.6 is 0 Å². The van der Waals surface area contributed by atoms with Gasteiger partial charge < -0.3 is 14.5 Å². The fourth-order valence-corrected chi connectivity index (χ4v) is 2.01. The number of nitrogens with one attached hydrogen (secondary N) is 1. The van der Waals surface area contributed by atoms with Crippen LogP contribution in [-0.4, -0.2) is 37.7 Å². The molecule has 0 aliphatic heterocycles. The van der Waals surface area contributed by atoms with Crippen LogP contribution in [0.5, 0.6) is 0 Å². The van der Waals surface area contributed by atoms with E-state index in [1.54, 1.807) is 7.11 Å². The fraction of sp³-hybridized carbons (Fsp3) is 0.750. The summed E-state index contributed by atoms with van der Waals surface area (Å²) in [6.07, 6.45) is 1.05. The summed E-state index contributed by atoms with van der Waals surface area (Å²) in [7, 11) is 3.85. The summed E-state index contributed by atoms with van der Waals surface area (Å²) in [6.45, 7) is 12.0. The van der Waals surface area contributed by atoms with Gasteiger partial charge in [0.2, 0.25) is 0 Å². The molecule has 1 aromatic heterocycles. The molecule has 1 aromatic rings. The minimum atomic E-state index is 0.107. The lowest BCUT2D eigenvalue weighted by molar-refractivity contribution is 0.175. The first-order valence-electron chi connectivity index (χ1n) is 7.32. The van der Waals surface area contributed by atoms with Crippen molar-refractivity contribution in [3.05, 3.63) is 23.2 Å². The molecule has 1 N–H and O–H groups in total. The van der Waals surface area contributed by atoms with E-state index >= 15 is 0 Å². The van der Waals surface area contributed by atoms with E-state index in [9.17, 15) is 0 Å². The second-order valence-electron chi connectivity index (χ2n) is 6.51. The van der Waals surface area contributed by atoms with Gasteiger partial charge in [-0.05, 0) is 52.8 Å². The zero-order chi connectivity index (χ0) is 15.2. The summed E-state index contributed by atoms with van der Waals surface area (Å²) in [5.41, 5.74) is 1.33. The monoisotopic (exact) mass is 282 g/mol. The molecule has 0 atom stereocenters. The predicted octanol–water partition coefficient (Wildman–Crippen LogP) is 2.94. The molecule has 4 heteroatoms. The predicted molar refractivity (Wildman–Crippen MR) is 82.9 cm³/mol. The van der Waals surface area contributed by atoms with E-state index in [2.05, 4.69) is 51.0 Å². The first-order chi connectivity index (χ1) is 9.31. The molecule has 0 amide bonds. The Hall–Kier alpha value is -0.840. The second-order valence-corrected chi connectivity index (χ2v) is 6.51. The maximum Gasteiger partial charge on any atom is 0.120 e. The summed E-state index contributed by atoms with van der Waals surface area (Å²) in [6, 6.07) is 2.15. The molecule has 116 valence electrons. The van der Waals surface area contributed by atoms with E-state index in [1.807, 2.05) is 0 Å². The average molecular weight is 282 g/mol. The smallest absolute Gasteiger partial charge is 0.120 e. The normalized spacial score (nSPS) is 12.3. The number of nitrogens with zero attached hydrogens (tertiary/aromatic N) is 1. The van der Waals surface area contributed by atoms with Crippen molar-refractivity contribution in [1.29, 1.82) is 0 Å². The summed E-state index contributed by atoms with van der Waals surface area (Å²) in [4.78, 5) is 2.26. The highest BCUT2D eigenvalue weighted by Crippen LogP contribution is 2.17. The Morgan fingerprint density at radius 3 is 2.65 bits per heavy atom. The molecule has 0 aliphatic rings. The van der Waals surface area contributed by atoms with Gasteiger partial charge in [-0.2, -0.15) is 0 Å². The van der Waals surface area contributed by atoms with Crippen molar-refractivity contribution in [2.75, 3.05) is 27.3 Å². The maximum absolute atomic E-state index is 5.95. The Balaban J connectivity index is 2.48. The number of methoxy groups -OCH3 is 1. The highest BCUT2D eigenvalue weighted by Gasteiger charge is 2.13. The second kappa shape index (κ2) is 7.81. The maximum atomic E-state index is 5.95. The molecule has 0 aromatic carbocycles. The van der Waals surface area contributed by atoms with Gasteiger partial charge in [0.1, 0.15) is 11.5 Å². The van der Waals surface area contributed by atoms with Gasteiger partial charge in [0.15, 0.2) is 0 Å². The van der Waals surface area contributed by atoms with Crippen molar-refractivity contribution in [3.63, 3.8) is 0 Å². The van der Waals surface area contributed by atoms with Gasteiger partial charge in [-0.1, -0.05) is 0 Å². The third-order valence-corrected chi connectivity index (χ3v) is 3.16. The Labute approximate surface area is 123 Å². The number of ether oxygens (including phenoxy) is 1. The van der Waals surface area contributed by atoms with Gasteiger partial charge in [0.05, 0.1) is 13.1 Å². The molecular formula is C16H30N2O2. The van der Waals surface area contributed by atoms with Crippen molar-refractivity contribution in [2.24, 2.45) is 0 Å². The van der Waals surface area contributed by atoms with Crippen molar-refractivity contribution in [2.45, 2.75) is 52.7 Å². The van der Waals surface area contributed by atoms with Crippen molar-refractivity contribution in [1.82, 2.24) is 10.2 Å². The molecule has 0 saturated heterocycles. The van der Waals surface area contributed by atoms with Crippen LogP contribution in [-0.2, 0) is 17.8 Å². The number of hydrogen-bond acceptors (Lipinski definition) is 4. The van der Waals surface area contributed by atoms with Gasteiger partial charge in [0.25, 0.3) is 0 Å². The summed E-state index contributed by atoms with van der Waals surface area (Å²) in [5.74, 6) is 2.08. The molecule has 0 aliphatic carbocycles. The first kappa shape index (κ1) is 17.2. The molecule has 1 heterocycles. The molecule has 0 saturated carbocycles. The van der Waals surface area contributed by atoms with Gasteiger partial charge in [-0.25, -0.2) is 0 Å².